The molecule has 3 rings (SSSR count). The summed E-state index contributed by atoms with van der Waals surface area (Å²) in [6.45, 7) is 6.46. The number of hydrogen-bond donors (Lipinski definition) is 1. The molecule has 2 aromatic rings. The molecule has 6 nitrogen and oxygen atoms in total. The second-order valence-electron chi connectivity index (χ2n) is 5.93. The highest BCUT2D eigenvalue weighted by atomic mass is 32.1. The number of hydrogen-bond acceptors (Lipinski definition) is 5. The molecule has 2 heterocycles. The van der Waals surface area contributed by atoms with Gasteiger partial charge in [-0.2, -0.15) is 0 Å². The molecule has 0 saturated heterocycles. The molecule has 25 heavy (non-hydrogen) atoms. The number of ether oxygens (including phenoxy) is 1. The predicted molar refractivity (Wildman–Crippen MR) is 97.4 cm³/mol. The lowest BCUT2D eigenvalue weighted by Crippen LogP contribution is -2.50. The molecular formula is C18H21N3O3S. The lowest BCUT2D eigenvalue weighted by atomic mass is 10.1. The summed E-state index contributed by atoms with van der Waals surface area (Å²) in [5.41, 5.74) is 1.39. The third kappa shape index (κ3) is 3.51. The van der Waals surface area contributed by atoms with Gasteiger partial charge in [0.25, 0.3) is 11.8 Å². The Kier molecular flexibility index (Phi) is 5.03. The molecule has 7 heteroatoms. The predicted octanol–water partition coefficient (Wildman–Crippen LogP) is 2.69. The van der Waals surface area contributed by atoms with Crippen molar-refractivity contribution in [2.24, 2.45) is 0 Å². The number of nitrogens with one attached hydrogen (secondary N) is 1. The first-order chi connectivity index (χ1) is 12.0. The number of thiazole rings is 1. The average molecular weight is 359 g/mol. The molecule has 0 unspecified atom stereocenters. The molecule has 2 amide bonds. The number of carbonyl (C=O) groups excluding carboxylic acids is 2. The SMILES string of the molecule is CCCNC(=O)[C@@H]1CN(C(=O)c2sc(C)nc2C)c2ccccc2O1. The second kappa shape index (κ2) is 7.23. The zero-order valence-electron chi connectivity index (χ0n) is 14.5. The van der Waals surface area contributed by atoms with Gasteiger partial charge in [-0.15, -0.1) is 11.3 Å². The third-order valence-electron chi connectivity index (χ3n) is 3.96. The van der Waals surface area contributed by atoms with Gasteiger partial charge >= 0.3 is 0 Å². The van der Waals surface area contributed by atoms with Crippen LogP contribution in [0.1, 0.15) is 33.7 Å². The molecule has 1 aromatic carbocycles. The smallest absolute Gasteiger partial charge is 0.270 e. The number of nitrogens with zero attached hydrogens (tertiary/aromatic N) is 2. The van der Waals surface area contributed by atoms with Crippen molar-refractivity contribution < 1.29 is 14.3 Å². The number of para-hydroxylation sites is 2. The van der Waals surface area contributed by atoms with Crippen molar-refractivity contribution in [3.63, 3.8) is 0 Å². The van der Waals surface area contributed by atoms with Crippen LogP contribution in [-0.4, -0.2) is 36.0 Å². The van der Waals surface area contributed by atoms with Crippen LogP contribution in [0.15, 0.2) is 24.3 Å². The Balaban J connectivity index is 1.92. The summed E-state index contributed by atoms with van der Waals surface area (Å²) in [4.78, 5) is 32.0. The monoisotopic (exact) mass is 359 g/mol. The van der Waals surface area contributed by atoms with Gasteiger partial charge in [-0.1, -0.05) is 19.1 Å². The van der Waals surface area contributed by atoms with Gasteiger partial charge in [0.2, 0.25) is 0 Å². The van der Waals surface area contributed by atoms with Crippen molar-refractivity contribution in [1.82, 2.24) is 10.3 Å². The maximum Gasteiger partial charge on any atom is 0.270 e. The Morgan fingerprint density at radius 2 is 2.12 bits per heavy atom. The minimum atomic E-state index is -0.722. The van der Waals surface area contributed by atoms with Gasteiger partial charge in [-0.05, 0) is 32.4 Å². The maximum atomic E-state index is 13.1. The summed E-state index contributed by atoms with van der Waals surface area (Å²) in [6, 6.07) is 7.29. The molecule has 132 valence electrons. The first-order valence-electron chi connectivity index (χ1n) is 8.30. The summed E-state index contributed by atoms with van der Waals surface area (Å²) in [5, 5.41) is 3.68. The molecule has 0 radical (unpaired) electrons. The number of fused-ring (bicyclic) bond motifs is 1. The van der Waals surface area contributed by atoms with E-state index in [1.165, 1.54) is 11.3 Å². The minimum Gasteiger partial charge on any atom is -0.477 e. The number of aryl methyl sites for hydroxylation is 2. The van der Waals surface area contributed by atoms with E-state index in [0.717, 1.165) is 11.4 Å². The van der Waals surface area contributed by atoms with Gasteiger partial charge in [0.05, 0.1) is 22.9 Å². The molecule has 0 spiro atoms. The summed E-state index contributed by atoms with van der Waals surface area (Å²) in [7, 11) is 0. The standard InChI is InChI=1S/C18H21N3O3S/c1-4-9-19-17(22)15-10-21(13-7-5-6-8-14(13)24-15)18(23)16-11(2)20-12(3)25-16/h5-8,15H,4,9-10H2,1-3H3,(H,19,22)/t15-/m0/s1. The molecule has 0 saturated carbocycles. The van der Waals surface area contributed by atoms with Gasteiger partial charge in [-0.3, -0.25) is 14.5 Å². The Labute approximate surface area is 150 Å². The zero-order valence-corrected chi connectivity index (χ0v) is 15.4. The lowest BCUT2D eigenvalue weighted by molar-refractivity contribution is -0.127. The van der Waals surface area contributed by atoms with E-state index < -0.39 is 6.10 Å². The number of amides is 2. The van der Waals surface area contributed by atoms with Crippen LogP contribution in [0.5, 0.6) is 5.75 Å². The van der Waals surface area contributed by atoms with Crippen molar-refractivity contribution in [3.05, 3.63) is 39.8 Å². The molecule has 1 aliphatic heterocycles. The van der Waals surface area contributed by atoms with Gasteiger partial charge in [0.1, 0.15) is 10.6 Å². The largest absolute Gasteiger partial charge is 0.477 e. The van der Waals surface area contributed by atoms with Crippen LogP contribution in [0.2, 0.25) is 0 Å². The highest BCUT2D eigenvalue weighted by Gasteiger charge is 2.35. The fourth-order valence-corrected chi connectivity index (χ4v) is 3.65. The highest BCUT2D eigenvalue weighted by Crippen LogP contribution is 2.35. The van der Waals surface area contributed by atoms with E-state index in [4.69, 9.17) is 4.74 Å². The molecule has 1 N–H and O–H groups in total. The fourth-order valence-electron chi connectivity index (χ4n) is 2.78. The van der Waals surface area contributed by atoms with E-state index in [-0.39, 0.29) is 18.4 Å². The average Bonchev–Trinajstić information content (AvgIpc) is 2.96. The third-order valence-corrected chi connectivity index (χ3v) is 5.02. The van der Waals surface area contributed by atoms with Gasteiger partial charge < -0.3 is 10.1 Å². The Morgan fingerprint density at radius 1 is 1.36 bits per heavy atom. The lowest BCUT2D eigenvalue weighted by Gasteiger charge is -2.34. The summed E-state index contributed by atoms with van der Waals surface area (Å²) in [6.07, 6.45) is 0.122. The maximum absolute atomic E-state index is 13.1. The number of carbonyl (C=O) groups is 2. The molecule has 0 bridgehead atoms. The van der Waals surface area contributed by atoms with E-state index >= 15 is 0 Å². The molecule has 1 aromatic heterocycles. The van der Waals surface area contributed by atoms with Crippen molar-refractivity contribution in [3.8, 4) is 5.75 Å². The number of benzene rings is 1. The normalized spacial score (nSPS) is 16.1. The van der Waals surface area contributed by atoms with E-state index in [9.17, 15) is 9.59 Å². The molecule has 1 atom stereocenters. The number of rotatable bonds is 4. The Bertz CT molecular complexity index is 803. The van der Waals surface area contributed by atoms with E-state index in [1.54, 1.807) is 11.0 Å². The van der Waals surface area contributed by atoms with Gasteiger partial charge in [0.15, 0.2) is 6.10 Å². The van der Waals surface area contributed by atoms with Crippen molar-refractivity contribution in [2.75, 3.05) is 18.0 Å². The van der Waals surface area contributed by atoms with Gasteiger partial charge in [0, 0.05) is 6.54 Å². The van der Waals surface area contributed by atoms with E-state index in [1.807, 2.05) is 39.0 Å². The van der Waals surface area contributed by atoms with Gasteiger partial charge in [-0.25, -0.2) is 4.98 Å². The van der Waals surface area contributed by atoms with Crippen LogP contribution < -0.4 is 15.0 Å². The van der Waals surface area contributed by atoms with Crippen LogP contribution in [-0.2, 0) is 4.79 Å². The van der Waals surface area contributed by atoms with E-state index in [0.29, 0.717) is 28.6 Å². The van der Waals surface area contributed by atoms with Crippen LogP contribution in [0.25, 0.3) is 0 Å². The van der Waals surface area contributed by atoms with Crippen LogP contribution >= 0.6 is 11.3 Å². The summed E-state index contributed by atoms with van der Waals surface area (Å²) >= 11 is 1.37. The minimum absolute atomic E-state index is 0.146. The van der Waals surface area contributed by atoms with Crippen LogP contribution in [0.3, 0.4) is 0 Å². The summed E-state index contributed by atoms with van der Waals surface area (Å²) < 4.78 is 5.82. The molecular weight excluding hydrogens is 338 g/mol. The molecule has 0 fully saturated rings. The second-order valence-corrected chi connectivity index (χ2v) is 7.13. The topological polar surface area (TPSA) is 71.5 Å². The quantitative estimate of drug-likeness (QED) is 0.911. The molecule has 1 aliphatic rings. The van der Waals surface area contributed by atoms with Crippen LogP contribution in [0.4, 0.5) is 5.69 Å². The molecule has 0 aliphatic carbocycles. The number of anilines is 1. The van der Waals surface area contributed by atoms with E-state index in [2.05, 4.69) is 10.3 Å². The van der Waals surface area contributed by atoms with Crippen LogP contribution in [0, 0.1) is 13.8 Å². The number of aromatic nitrogens is 1. The highest BCUT2D eigenvalue weighted by molar-refractivity contribution is 7.13. The van der Waals surface area contributed by atoms with Crippen molar-refractivity contribution >= 4 is 28.8 Å². The zero-order chi connectivity index (χ0) is 18.0. The Morgan fingerprint density at radius 3 is 2.80 bits per heavy atom. The Hall–Kier alpha value is -2.41. The first kappa shape index (κ1) is 17.4. The fraction of sp³-hybridized carbons (Fsp3) is 0.389. The van der Waals surface area contributed by atoms with Crippen molar-refractivity contribution in [2.45, 2.75) is 33.3 Å². The van der Waals surface area contributed by atoms with Crippen molar-refractivity contribution in [1.29, 1.82) is 0 Å². The first-order valence-corrected chi connectivity index (χ1v) is 9.12. The summed E-state index contributed by atoms with van der Waals surface area (Å²) in [5.74, 6) is 0.191.